The van der Waals surface area contributed by atoms with Crippen molar-refractivity contribution in [2.45, 2.75) is 18.3 Å². The fourth-order valence-corrected chi connectivity index (χ4v) is 4.18. The van der Waals surface area contributed by atoms with Gasteiger partial charge in [0.05, 0.1) is 16.7 Å². The van der Waals surface area contributed by atoms with Gasteiger partial charge >= 0.3 is 0 Å². The molecule has 2 aromatic rings. The number of hydrogen-bond donors (Lipinski definition) is 1. The lowest BCUT2D eigenvalue weighted by molar-refractivity contribution is -0.111. The topological polar surface area (TPSA) is 41.6 Å². The van der Waals surface area contributed by atoms with Crippen molar-refractivity contribution < 1.29 is 9.53 Å². The van der Waals surface area contributed by atoms with E-state index in [1.165, 1.54) is 11.6 Å². The van der Waals surface area contributed by atoms with E-state index < -0.39 is 0 Å². The third-order valence-electron chi connectivity index (χ3n) is 5.64. The number of fused-ring (bicyclic) bond motifs is 2. The number of carbonyl (C=O) groups is 1. The number of nitrogens with zero attached hydrogens (tertiary/aromatic N) is 1. The Bertz CT molecular complexity index is 934. The van der Waals surface area contributed by atoms with Gasteiger partial charge < -0.3 is 15.0 Å². The molecule has 146 valence electrons. The van der Waals surface area contributed by atoms with Crippen LogP contribution in [0.1, 0.15) is 24.0 Å². The molecular formula is C22H22Cl2N2O2. The Balaban J connectivity index is 1.48. The molecule has 2 heterocycles. The van der Waals surface area contributed by atoms with Gasteiger partial charge in [-0.1, -0.05) is 29.3 Å². The summed E-state index contributed by atoms with van der Waals surface area (Å²) < 4.78 is 5.94. The first-order valence-electron chi connectivity index (χ1n) is 9.35. The van der Waals surface area contributed by atoms with Crippen molar-refractivity contribution in [1.29, 1.82) is 0 Å². The van der Waals surface area contributed by atoms with E-state index in [-0.39, 0.29) is 11.3 Å². The molecule has 0 radical (unpaired) electrons. The Morgan fingerprint density at radius 1 is 1.14 bits per heavy atom. The van der Waals surface area contributed by atoms with Crippen LogP contribution in [0.4, 0.5) is 5.69 Å². The number of benzene rings is 2. The van der Waals surface area contributed by atoms with Crippen molar-refractivity contribution in [2.24, 2.45) is 0 Å². The second-order valence-corrected chi connectivity index (χ2v) is 8.39. The quantitative estimate of drug-likeness (QED) is 0.715. The Morgan fingerprint density at radius 2 is 1.93 bits per heavy atom. The number of nitrogens with one attached hydrogen (secondary N) is 1. The Labute approximate surface area is 175 Å². The van der Waals surface area contributed by atoms with Gasteiger partial charge in [0.1, 0.15) is 5.75 Å². The highest BCUT2D eigenvalue weighted by atomic mass is 35.5. The molecule has 0 unspecified atom stereocenters. The number of carbonyl (C=O) groups excluding carboxylic acids is 1. The highest BCUT2D eigenvalue weighted by Gasteiger charge is 2.42. The van der Waals surface area contributed by atoms with E-state index in [0.717, 1.165) is 49.5 Å². The summed E-state index contributed by atoms with van der Waals surface area (Å²) in [6.07, 6.45) is 5.36. The summed E-state index contributed by atoms with van der Waals surface area (Å²) >= 11 is 11.9. The largest absolute Gasteiger partial charge is 0.492 e. The highest BCUT2D eigenvalue weighted by molar-refractivity contribution is 6.42. The van der Waals surface area contributed by atoms with Crippen LogP contribution in [0.25, 0.3) is 6.08 Å². The maximum absolute atomic E-state index is 12.4. The molecule has 1 spiro atoms. The maximum atomic E-state index is 12.4. The third-order valence-corrected chi connectivity index (χ3v) is 6.38. The monoisotopic (exact) mass is 416 g/mol. The minimum absolute atomic E-state index is 0.0679. The summed E-state index contributed by atoms with van der Waals surface area (Å²) in [4.78, 5) is 14.7. The number of piperidine rings is 1. The van der Waals surface area contributed by atoms with Gasteiger partial charge in [0.25, 0.3) is 0 Å². The van der Waals surface area contributed by atoms with Crippen LogP contribution in [0.15, 0.2) is 42.5 Å². The molecule has 0 aliphatic carbocycles. The summed E-state index contributed by atoms with van der Waals surface area (Å²) in [7, 11) is 2.15. The molecule has 1 N–H and O–H groups in total. The molecule has 2 aromatic carbocycles. The first-order chi connectivity index (χ1) is 13.4. The number of rotatable bonds is 3. The van der Waals surface area contributed by atoms with Crippen LogP contribution >= 0.6 is 23.2 Å². The number of ether oxygens (including phenoxy) is 1. The lowest BCUT2D eigenvalue weighted by Crippen LogP contribution is -2.41. The summed E-state index contributed by atoms with van der Waals surface area (Å²) in [6.45, 7) is 2.85. The van der Waals surface area contributed by atoms with E-state index in [1.54, 1.807) is 18.2 Å². The van der Waals surface area contributed by atoms with Crippen LogP contribution in [0.3, 0.4) is 0 Å². The van der Waals surface area contributed by atoms with Crippen LogP contribution in [0, 0.1) is 0 Å². The van der Waals surface area contributed by atoms with Crippen molar-refractivity contribution in [2.75, 3.05) is 32.1 Å². The molecule has 1 saturated heterocycles. The van der Waals surface area contributed by atoms with E-state index in [4.69, 9.17) is 27.9 Å². The van der Waals surface area contributed by atoms with Crippen LogP contribution < -0.4 is 10.1 Å². The zero-order valence-corrected chi connectivity index (χ0v) is 17.2. The number of amides is 1. The van der Waals surface area contributed by atoms with Crippen LogP contribution in [0.2, 0.25) is 10.0 Å². The zero-order chi connectivity index (χ0) is 19.7. The second kappa shape index (κ2) is 7.78. The van der Waals surface area contributed by atoms with Gasteiger partial charge in [-0.3, -0.25) is 4.79 Å². The molecule has 6 heteroatoms. The molecule has 4 rings (SSSR count). The van der Waals surface area contributed by atoms with E-state index in [9.17, 15) is 4.79 Å². The molecule has 0 atom stereocenters. The molecule has 1 amide bonds. The minimum Gasteiger partial charge on any atom is -0.492 e. The molecule has 1 fully saturated rings. The smallest absolute Gasteiger partial charge is 0.248 e. The average molecular weight is 417 g/mol. The molecule has 0 aromatic heterocycles. The molecule has 28 heavy (non-hydrogen) atoms. The molecule has 0 bridgehead atoms. The zero-order valence-electron chi connectivity index (χ0n) is 15.7. The van der Waals surface area contributed by atoms with Crippen molar-refractivity contribution in [3.05, 3.63) is 63.6 Å². The number of halogens is 2. The van der Waals surface area contributed by atoms with Gasteiger partial charge in [0.2, 0.25) is 5.91 Å². The molecule has 2 aliphatic heterocycles. The normalized spacial score (nSPS) is 18.2. The predicted octanol–water partition coefficient (Wildman–Crippen LogP) is 5.00. The van der Waals surface area contributed by atoms with Gasteiger partial charge in [0.15, 0.2) is 0 Å². The molecule has 2 aliphatic rings. The fraction of sp³-hybridized carbons (Fsp3) is 0.318. The third kappa shape index (κ3) is 3.90. The lowest BCUT2D eigenvalue weighted by atomic mass is 9.74. The summed E-state index contributed by atoms with van der Waals surface area (Å²) in [5.41, 5.74) is 2.88. The standard InChI is InChI=1S/C22H22Cl2N2O2/c1-26-10-8-22(9-11-26)14-28-20-6-4-16(13-17(20)22)25-21(27)7-3-15-2-5-18(23)19(24)12-15/h2-7,12-13H,8-11,14H2,1H3,(H,25,27)/b7-3+. The van der Waals surface area contributed by atoms with Gasteiger partial charge in [-0.15, -0.1) is 0 Å². The maximum Gasteiger partial charge on any atom is 0.248 e. The first kappa shape index (κ1) is 19.3. The SMILES string of the molecule is CN1CCC2(CC1)COc1ccc(NC(=O)/C=C/c3ccc(Cl)c(Cl)c3)cc12. The Kier molecular flexibility index (Phi) is 5.37. The Morgan fingerprint density at radius 3 is 2.68 bits per heavy atom. The van der Waals surface area contributed by atoms with Gasteiger partial charge in [-0.05, 0) is 75.0 Å². The van der Waals surface area contributed by atoms with Gasteiger partial charge in [0, 0.05) is 22.7 Å². The molecule has 4 nitrogen and oxygen atoms in total. The van der Waals surface area contributed by atoms with Crippen molar-refractivity contribution in [3.8, 4) is 5.75 Å². The van der Waals surface area contributed by atoms with Crippen LogP contribution in [-0.4, -0.2) is 37.6 Å². The van der Waals surface area contributed by atoms with E-state index in [0.29, 0.717) is 10.0 Å². The van der Waals surface area contributed by atoms with Crippen molar-refractivity contribution in [1.82, 2.24) is 4.90 Å². The number of likely N-dealkylation sites (tertiary alicyclic amines) is 1. The van der Waals surface area contributed by atoms with Crippen LogP contribution in [-0.2, 0) is 10.2 Å². The predicted molar refractivity (Wildman–Crippen MR) is 114 cm³/mol. The molecular weight excluding hydrogens is 395 g/mol. The summed E-state index contributed by atoms with van der Waals surface area (Å²) in [6, 6.07) is 11.2. The highest BCUT2D eigenvalue weighted by Crippen LogP contribution is 2.46. The van der Waals surface area contributed by atoms with Crippen LogP contribution in [0.5, 0.6) is 5.75 Å². The lowest BCUT2D eigenvalue weighted by Gasteiger charge is -2.36. The number of hydrogen-bond acceptors (Lipinski definition) is 3. The van der Waals surface area contributed by atoms with E-state index in [1.807, 2.05) is 18.2 Å². The van der Waals surface area contributed by atoms with Crippen molar-refractivity contribution >= 4 is 40.9 Å². The minimum atomic E-state index is -0.192. The summed E-state index contributed by atoms with van der Waals surface area (Å²) in [5, 5.41) is 3.90. The van der Waals surface area contributed by atoms with E-state index >= 15 is 0 Å². The fourth-order valence-electron chi connectivity index (χ4n) is 3.87. The second-order valence-electron chi connectivity index (χ2n) is 7.58. The molecule has 0 saturated carbocycles. The van der Waals surface area contributed by atoms with Gasteiger partial charge in [-0.25, -0.2) is 0 Å². The van der Waals surface area contributed by atoms with Gasteiger partial charge in [-0.2, -0.15) is 0 Å². The van der Waals surface area contributed by atoms with Crippen molar-refractivity contribution in [3.63, 3.8) is 0 Å². The summed E-state index contributed by atoms with van der Waals surface area (Å²) in [5.74, 6) is 0.747. The van der Waals surface area contributed by atoms with E-state index in [2.05, 4.69) is 23.3 Å². The Hall–Kier alpha value is -2.01. The average Bonchev–Trinajstić information content (AvgIpc) is 3.03. The first-order valence-corrected chi connectivity index (χ1v) is 10.1. The number of anilines is 1.